The molecule has 0 aliphatic carbocycles. The highest BCUT2D eigenvalue weighted by molar-refractivity contribution is 6.32. The third kappa shape index (κ3) is 4.07. The summed E-state index contributed by atoms with van der Waals surface area (Å²) >= 11 is 5.69. The van der Waals surface area contributed by atoms with Crippen LogP contribution in [0.1, 0.15) is 5.56 Å². The third-order valence-corrected chi connectivity index (χ3v) is 3.05. The Bertz CT molecular complexity index is 742. The summed E-state index contributed by atoms with van der Waals surface area (Å²) in [5.41, 5.74) is 0.730. The summed E-state index contributed by atoms with van der Waals surface area (Å²) in [6, 6.07) is 10.3. The number of benzene rings is 2. The minimum atomic E-state index is -0.621. The molecule has 0 aliphatic heterocycles. The molecular weight excluding hydrogens is 308 g/mol. The highest BCUT2D eigenvalue weighted by Gasteiger charge is 2.13. The Morgan fingerprint density at radius 2 is 1.91 bits per heavy atom. The minimum Gasteiger partial charge on any atom is -0.508 e. The Labute approximate surface area is 130 Å². The number of nitro benzene ring substituents is 1. The van der Waals surface area contributed by atoms with Crippen molar-refractivity contribution in [3.63, 3.8) is 0 Å². The number of rotatable bonds is 4. The number of nitrogens with one attached hydrogen (secondary N) is 1. The second kappa shape index (κ2) is 6.73. The van der Waals surface area contributed by atoms with Gasteiger partial charge in [0.05, 0.1) is 4.92 Å². The van der Waals surface area contributed by atoms with Crippen molar-refractivity contribution in [3.05, 3.63) is 69.2 Å². The Morgan fingerprint density at radius 3 is 2.55 bits per heavy atom. The molecule has 0 saturated carbocycles. The lowest BCUT2D eigenvalue weighted by molar-refractivity contribution is -0.384. The van der Waals surface area contributed by atoms with Gasteiger partial charge < -0.3 is 10.4 Å². The largest absolute Gasteiger partial charge is 0.508 e. The van der Waals surface area contributed by atoms with Crippen LogP contribution in [-0.4, -0.2) is 15.9 Å². The second-order valence-corrected chi connectivity index (χ2v) is 4.74. The molecule has 0 fully saturated rings. The first-order chi connectivity index (χ1) is 10.5. The average molecular weight is 319 g/mol. The van der Waals surface area contributed by atoms with Gasteiger partial charge in [-0.25, -0.2) is 0 Å². The number of amides is 1. The van der Waals surface area contributed by atoms with Crippen molar-refractivity contribution < 1.29 is 14.8 Å². The molecular formula is C15H11ClN2O4. The molecule has 0 bridgehead atoms. The van der Waals surface area contributed by atoms with Crippen molar-refractivity contribution >= 4 is 35.0 Å². The van der Waals surface area contributed by atoms with Crippen LogP contribution in [0, 0.1) is 10.1 Å². The van der Waals surface area contributed by atoms with E-state index in [4.69, 9.17) is 16.7 Å². The Hall–Kier alpha value is -2.86. The molecule has 1 amide bonds. The summed E-state index contributed by atoms with van der Waals surface area (Å²) in [7, 11) is 0. The number of carbonyl (C=O) groups is 1. The van der Waals surface area contributed by atoms with Crippen molar-refractivity contribution in [1.29, 1.82) is 0 Å². The molecule has 2 aromatic carbocycles. The normalized spacial score (nSPS) is 10.6. The number of nitrogens with zero attached hydrogens (tertiary/aromatic N) is 1. The molecule has 6 nitrogen and oxygen atoms in total. The van der Waals surface area contributed by atoms with Gasteiger partial charge in [0, 0.05) is 17.8 Å². The summed E-state index contributed by atoms with van der Waals surface area (Å²) < 4.78 is 0. The first-order valence-electron chi connectivity index (χ1n) is 6.18. The maximum atomic E-state index is 11.8. The van der Waals surface area contributed by atoms with Gasteiger partial charge in [0.1, 0.15) is 10.8 Å². The fraction of sp³-hybridized carbons (Fsp3) is 0. The Balaban J connectivity index is 2.07. The van der Waals surface area contributed by atoms with Gasteiger partial charge in [-0.1, -0.05) is 23.7 Å². The molecule has 0 atom stereocenters. The van der Waals surface area contributed by atoms with Crippen molar-refractivity contribution in [2.45, 2.75) is 0 Å². The first-order valence-corrected chi connectivity index (χ1v) is 6.55. The van der Waals surface area contributed by atoms with Crippen LogP contribution < -0.4 is 5.32 Å². The molecule has 22 heavy (non-hydrogen) atoms. The van der Waals surface area contributed by atoms with E-state index in [-0.39, 0.29) is 22.1 Å². The molecule has 2 rings (SSSR count). The fourth-order valence-corrected chi connectivity index (χ4v) is 1.86. The van der Waals surface area contributed by atoms with Gasteiger partial charge in [0.15, 0.2) is 0 Å². The molecule has 0 spiro atoms. The highest BCUT2D eigenvalue weighted by Crippen LogP contribution is 2.27. The number of aromatic hydroxyl groups is 1. The quantitative estimate of drug-likeness (QED) is 0.511. The number of phenolic OH excluding ortho intramolecular Hbond substituents is 1. The maximum Gasteiger partial charge on any atom is 0.289 e. The lowest BCUT2D eigenvalue weighted by Gasteiger charge is -2.03. The lowest BCUT2D eigenvalue weighted by Crippen LogP contribution is -2.08. The lowest BCUT2D eigenvalue weighted by atomic mass is 10.2. The molecule has 0 radical (unpaired) electrons. The van der Waals surface area contributed by atoms with E-state index in [1.165, 1.54) is 36.4 Å². The number of hydrogen-bond acceptors (Lipinski definition) is 4. The number of anilines is 1. The van der Waals surface area contributed by atoms with E-state index in [1.54, 1.807) is 18.2 Å². The molecule has 112 valence electrons. The van der Waals surface area contributed by atoms with Gasteiger partial charge in [0.25, 0.3) is 5.69 Å². The third-order valence-electron chi connectivity index (χ3n) is 2.73. The topological polar surface area (TPSA) is 92.5 Å². The molecule has 7 heteroatoms. The minimum absolute atomic E-state index is 0.00244. The van der Waals surface area contributed by atoms with E-state index in [2.05, 4.69) is 5.32 Å². The summed E-state index contributed by atoms with van der Waals surface area (Å²) in [6.45, 7) is 0. The van der Waals surface area contributed by atoms with Crippen LogP contribution in [0.5, 0.6) is 5.75 Å². The van der Waals surface area contributed by atoms with Gasteiger partial charge in [-0.15, -0.1) is 0 Å². The van der Waals surface area contributed by atoms with E-state index >= 15 is 0 Å². The van der Waals surface area contributed by atoms with E-state index in [0.29, 0.717) is 0 Å². The Kier molecular flexibility index (Phi) is 4.75. The molecule has 0 aromatic heterocycles. The zero-order valence-corrected chi connectivity index (χ0v) is 11.9. The number of carbonyl (C=O) groups excluding carboxylic acids is 1. The summed E-state index contributed by atoms with van der Waals surface area (Å²) in [5, 5.41) is 22.4. The van der Waals surface area contributed by atoms with Crippen molar-refractivity contribution in [2.24, 2.45) is 0 Å². The molecule has 0 saturated heterocycles. The van der Waals surface area contributed by atoms with E-state index < -0.39 is 10.8 Å². The van der Waals surface area contributed by atoms with Crippen molar-refractivity contribution in [2.75, 3.05) is 5.32 Å². The number of nitro groups is 1. The second-order valence-electron chi connectivity index (χ2n) is 4.34. The van der Waals surface area contributed by atoms with Crippen LogP contribution in [0.15, 0.2) is 48.5 Å². The zero-order valence-electron chi connectivity index (χ0n) is 11.2. The predicted molar refractivity (Wildman–Crippen MR) is 83.9 cm³/mol. The van der Waals surface area contributed by atoms with Crippen LogP contribution in [-0.2, 0) is 4.79 Å². The van der Waals surface area contributed by atoms with E-state index in [0.717, 1.165) is 5.56 Å². The SMILES string of the molecule is O=C(/C=C/c1ccc(O)cc1)Nc1ccc(Cl)c([N+](=O)[O-])c1. The molecule has 0 heterocycles. The highest BCUT2D eigenvalue weighted by atomic mass is 35.5. The van der Waals surface area contributed by atoms with E-state index in [1.807, 2.05) is 0 Å². The van der Waals surface area contributed by atoms with Gasteiger partial charge in [-0.3, -0.25) is 14.9 Å². The molecule has 2 aromatic rings. The summed E-state index contributed by atoms with van der Waals surface area (Å²) in [4.78, 5) is 21.9. The fourth-order valence-electron chi connectivity index (χ4n) is 1.67. The van der Waals surface area contributed by atoms with Gasteiger partial charge in [-0.05, 0) is 35.9 Å². The maximum absolute atomic E-state index is 11.8. The van der Waals surface area contributed by atoms with Crippen LogP contribution in [0.4, 0.5) is 11.4 Å². The molecule has 0 unspecified atom stereocenters. The summed E-state index contributed by atoms with van der Waals surface area (Å²) in [6.07, 6.45) is 2.84. The van der Waals surface area contributed by atoms with Crippen LogP contribution in [0.2, 0.25) is 5.02 Å². The van der Waals surface area contributed by atoms with Crippen LogP contribution in [0.3, 0.4) is 0 Å². The predicted octanol–water partition coefficient (Wildman–Crippen LogP) is 3.61. The monoisotopic (exact) mass is 318 g/mol. The smallest absolute Gasteiger partial charge is 0.289 e. The molecule has 2 N–H and O–H groups in total. The number of hydrogen-bond donors (Lipinski definition) is 2. The van der Waals surface area contributed by atoms with Gasteiger partial charge in [0.2, 0.25) is 5.91 Å². The zero-order chi connectivity index (χ0) is 16.1. The molecule has 0 aliphatic rings. The average Bonchev–Trinajstić information content (AvgIpc) is 2.48. The number of phenols is 1. The van der Waals surface area contributed by atoms with Crippen LogP contribution >= 0.6 is 11.6 Å². The standard InChI is InChI=1S/C15H11ClN2O4/c16-13-7-4-11(9-14(13)18(21)22)17-15(20)8-3-10-1-5-12(19)6-2-10/h1-9,19H,(H,17,20)/b8-3+. The first kappa shape index (κ1) is 15.5. The van der Waals surface area contributed by atoms with Crippen molar-refractivity contribution in [1.82, 2.24) is 0 Å². The van der Waals surface area contributed by atoms with Gasteiger partial charge in [-0.2, -0.15) is 0 Å². The van der Waals surface area contributed by atoms with E-state index in [9.17, 15) is 14.9 Å². The van der Waals surface area contributed by atoms with Crippen molar-refractivity contribution in [3.8, 4) is 5.75 Å². The van der Waals surface area contributed by atoms with Gasteiger partial charge >= 0.3 is 0 Å². The Morgan fingerprint density at radius 1 is 1.23 bits per heavy atom. The van der Waals surface area contributed by atoms with Crippen LogP contribution in [0.25, 0.3) is 6.08 Å². The summed E-state index contributed by atoms with van der Waals surface area (Å²) in [5.74, 6) is -0.306. The number of halogens is 1.